The molecule has 0 spiro atoms. The predicted octanol–water partition coefficient (Wildman–Crippen LogP) is 0.0124. The number of methoxy groups -OCH3 is 1. The lowest BCUT2D eigenvalue weighted by molar-refractivity contribution is -0.144. The number of hydrogen-bond acceptors (Lipinski definition) is 6. The van der Waals surface area contributed by atoms with E-state index >= 15 is 0 Å². The van der Waals surface area contributed by atoms with E-state index in [0.29, 0.717) is 11.1 Å². The summed E-state index contributed by atoms with van der Waals surface area (Å²) in [6.07, 6.45) is 0. The van der Waals surface area contributed by atoms with Gasteiger partial charge in [-0.1, -0.05) is 11.8 Å². The molecule has 0 aliphatic carbocycles. The van der Waals surface area contributed by atoms with Crippen molar-refractivity contribution in [2.24, 2.45) is 5.73 Å². The Morgan fingerprint density at radius 1 is 1.29 bits per heavy atom. The number of benzene rings is 1. The minimum atomic E-state index is -1.69. The van der Waals surface area contributed by atoms with Crippen LogP contribution in [0.2, 0.25) is 0 Å². The summed E-state index contributed by atoms with van der Waals surface area (Å²) in [6, 6.07) is 5.27. The van der Waals surface area contributed by atoms with E-state index in [1.807, 2.05) is 0 Å². The van der Waals surface area contributed by atoms with Crippen LogP contribution in [0, 0.1) is 23.7 Å². The third kappa shape index (κ3) is 6.88. The minimum Gasteiger partial charge on any atom is -0.467 e. The van der Waals surface area contributed by atoms with E-state index in [1.54, 1.807) is 26.0 Å². The number of carbonyl (C=O) groups is 2. The predicted molar refractivity (Wildman–Crippen MR) is 105 cm³/mol. The highest BCUT2D eigenvalue weighted by molar-refractivity contribution is 6.18. The van der Waals surface area contributed by atoms with Gasteiger partial charge in [-0.3, -0.25) is 4.79 Å². The van der Waals surface area contributed by atoms with Crippen LogP contribution in [0.25, 0.3) is 0 Å². The number of alkyl halides is 1. The topological polar surface area (TPSA) is 122 Å². The first-order valence-electron chi connectivity index (χ1n) is 8.26. The van der Waals surface area contributed by atoms with Crippen LogP contribution >= 0.6 is 11.6 Å². The highest BCUT2D eigenvalue weighted by Crippen LogP contribution is 2.10. The summed E-state index contributed by atoms with van der Waals surface area (Å²) in [7, 11) is 1.22. The molecule has 1 amide bonds. The third-order valence-corrected chi connectivity index (χ3v) is 4.09. The molecular weight excluding hydrogens is 384 g/mol. The molecule has 0 aliphatic heterocycles. The molecule has 0 bridgehead atoms. The van der Waals surface area contributed by atoms with Crippen LogP contribution in [-0.2, 0) is 9.53 Å². The Morgan fingerprint density at radius 2 is 1.89 bits per heavy atom. The van der Waals surface area contributed by atoms with Gasteiger partial charge in [-0.15, -0.1) is 11.6 Å². The van der Waals surface area contributed by atoms with E-state index in [4.69, 9.17) is 22.4 Å². The van der Waals surface area contributed by atoms with Gasteiger partial charge in [-0.25, -0.2) is 4.79 Å². The highest BCUT2D eigenvalue weighted by atomic mass is 35.5. The molecule has 0 saturated heterocycles. The Kier molecular flexibility index (Phi) is 8.49. The lowest BCUT2D eigenvalue weighted by Crippen LogP contribution is -2.59. The first-order valence-corrected chi connectivity index (χ1v) is 8.80. The van der Waals surface area contributed by atoms with Gasteiger partial charge in [-0.05, 0) is 50.0 Å². The van der Waals surface area contributed by atoms with Crippen molar-refractivity contribution in [2.45, 2.75) is 31.0 Å². The Labute approximate surface area is 169 Å². The van der Waals surface area contributed by atoms with Crippen LogP contribution in [0.5, 0.6) is 0 Å². The van der Waals surface area contributed by atoms with Gasteiger partial charge in [0.25, 0.3) is 5.91 Å². The Bertz CT molecular complexity index is 819. The van der Waals surface area contributed by atoms with E-state index in [1.165, 1.54) is 19.2 Å². The van der Waals surface area contributed by atoms with Gasteiger partial charge in [0.15, 0.2) is 5.60 Å². The van der Waals surface area contributed by atoms with Crippen molar-refractivity contribution < 1.29 is 24.5 Å². The summed E-state index contributed by atoms with van der Waals surface area (Å²) < 4.78 is 4.68. The summed E-state index contributed by atoms with van der Waals surface area (Å²) >= 11 is 5.51. The van der Waals surface area contributed by atoms with Gasteiger partial charge in [0.2, 0.25) is 0 Å². The summed E-state index contributed by atoms with van der Waals surface area (Å²) in [5.74, 6) is 8.71. The fraction of sp³-hybridized carbons (Fsp3) is 0.400. The number of halogens is 1. The molecule has 0 aliphatic rings. The number of aliphatic hydroxyl groups excluding tert-OH is 1. The summed E-state index contributed by atoms with van der Waals surface area (Å²) in [6.45, 7) is 2.62. The van der Waals surface area contributed by atoms with E-state index in [0.717, 1.165) is 0 Å². The number of nitrogens with two attached hydrogens (primary N) is 1. The normalized spacial score (nSPS) is 13.7. The smallest absolute Gasteiger partial charge is 0.330 e. The van der Waals surface area contributed by atoms with E-state index in [9.17, 15) is 14.7 Å². The molecule has 2 atom stereocenters. The van der Waals surface area contributed by atoms with Gasteiger partial charge in [0.05, 0.1) is 19.6 Å². The van der Waals surface area contributed by atoms with Crippen LogP contribution in [0.1, 0.15) is 29.8 Å². The van der Waals surface area contributed by atoms with Crippen molar-refractivity contribution in [3.05, 3.63) is 35.4 Å². The molecule has 1 aromatic carbocycles. The third-order valence-electron chi connectivity index (χ3n) is 3.65. The van der Waals surface area contributed by atoms with Crippen molar-refractivity contribution in [2.75, 3.05) is 19.6 Å². The summed E-state index contributed by atoms with van der Waals surface area (Å²) in [5, 5.41) is 21.3. The second-order valence-electron chi connectivity index (χ2n) is 6.65. The Hall–Kier alpha value is -2.55. The monoisotopic (exact) mass is 406 g/mol. The molecule has 1 aromatic rings. The average molecular weight is 407 g/mol. The maximum Gasteiger partial charge on any atom is 0.330 e. The van der Waals surface area contributed by atoms with E-state index < -0.39 is 35.7 Å². The summed E-state index contributed by atoms with van der Waals surface area (Å²) in [5.41, 5.74) is 4.13. The van der Waals surface area contributed by atoms with Gasteiger partial charge in [0, 0.05) is 16.7 Å². The molecule has 7 nitrogen and oxygen atoms in total. The maximum absolute atomic E-state index is 12.4. The first-order chi connectivity index (χ1) is 13.1. The fourth-order valence-corrected chi connectivity index (χ4v) is 2.10. The van der Waals surface area contributed by atoms with Crippen LogP contribution in [0.3, 0.4) is 0 Å². The number of ether oxygens (including phenoxy) is 1. The van der Waals surface area contributed by atoms with E-state index in [-0.39, 0.29) is 5.88 Å². The second-order valence-corrected chi connectivity index (χ2v) is 6.92. The van der Waals surface area contributed by atoms with Gasteiger partial charge < -0.3 is 26.0 Å². The zero-order chi connectivity index (χ0) is 21.4. The van der Waals surface area contributed by atoms with Crippen molar-refractivity contribution in [3.63, 3.8) is 0 Å². The molecule has 0 aromatic heterocycles. The minimum absolute atomic E-state index is 0.242. The Balaban J connectivity index is 2.88. The number of carbonyl (C=O) groups excluding carboxylic acids is 2. The van der Waals surface area contributed by atoms with Crippen LogP contribution in [0.4, 0.5) is 0 Å². The number of esters is 1. The lowest BCUT2D eigenvalue weighted by Gasteiger charge is -2.28. The second kappa shape index (κ2) is 10.1. The zero-order valence-corrected chi connectivity index (χ0v) is 16.6. The fourth-order valence-electron chi connectivity index (χ4n) is 1.95. The molecule has 1 rings (SSSR count). The molecule has 0 saturated carbocycles. The van der Waals surface area contributed by atoms with Gasteiger partial charge in [0.1, 0.15) is 6.04 Å². The molecule has 0 fully saturated rings. The highest BCUT2D eigenvalue weighted by Gasteiger charge is 2.34. The van der Waals surface area contributed by atoms with Crippen LogP contribution in [0.15, 0.2) is 24.3 Å². The van der Waals surface area contributed by atoms with Gasteiger partial charge >= 0.3 is 5.97 Å². The number of hydrogen-bond donors (Lipinski definition) is 4. The van der Waals surface area contributed by atoms with Crippen molar-refractivity contribution in [3.8, 4) is 23.7 Å². The molecule has 5 N–H and O–H groups in total. The largest absolute Gasteiger partial charge is 0.467 e. The number of nitrogens with one attached hydrogen (secondary N) is 1. The van der Waals surface area contributed by atoms with Crippen molar-refractivity contribution >= 4 is 23.5 Å². The molecule has 0 radical (unpaired) electrons. The van der Waals surface area contributed by atoms with E-state index in [2.05, 4.69) is 33.7 Å². The standard InChI is InChI=1S/C20H23ClN2O5/c1-19(2,22)16(18(26)28-3)23-17(25)15-9-7-14(8-10-15)6-4-5-11-20(27,12-21)13-24/h7-10,16,24,27H,12-13,22H2,1-3H3,(H,23,25). The SMILES string of the molecule is COC(=O)C(NC(=O)c1ccc(C#CC#CC(O)(CO)CCl)cc1)C(C)(C)N. The van der Waals surface area contributed by atoms with Crippen molar-refractivity contribution in [1.82, 2.24) is 5.32 Å². The zero-order valence-electron chi connectivity index (χ0n) is 15.9. The Morgan fingerprint density at radius 3 is 2.36 bits per heavy atom. The van der Waals surface area contributed by atoms with Crippen LogP contribution in [-0.4, -0.2) is 58.9 Å². The lowest BCUT2D eigenvalue weighted by atomic mass is 9.95. The average Bonchev–Trinajstić information content (AvgIpc) is 2.68. The molecule has 0 heterocycles. The molecule has 2 unspecified atom stereocenters. The maximum atomic E-state index is 12.4. The van der Waals surface area contributed by atoms with Gasteiger partial charge in [-0.2, -0.15) is 0 Å². The molecule has 28 heavy (non-hydrogen) atoms. The first kappa shape index (κ1) is 23.5. The number of amides is 1. The number of aliphatic hydroxyl groups is 2. The molecule has 150 valence electrons. The quantitative estimate of drug-likeness (QED) is 0.300. The van der Waals surface area contributed by atoms with Crippen LogP contribution < -0.4 is 11.1 Å². The summed E-state index contributed by atoms with van der Waals surface area (Å²) in [4.78, 5) is 24.2. The number of rotatable bonds is 6. The molecule has 8 heteroatoms. The van der Waals surface area contributed by atoms with Crippen molar-refractivity contribution in [1.29, 1.82) is 0 Å². The molecular formula is C20H23ClN2O5.